The zero-order valence-electron chi connectivity index (χ0n) is 18.1. The van der Waals surface area contributed by atoms with Crippen LogP contribution in [0.2, 0.25) is 5.02 Å². The number of amides is 1. The molecule has 0 aliphatic heterocycles. The zero-order chi connectivity index (χ0) is 23.3. The topological polar surface area (TPSA) is 75.7 Å². The first kappa shape index (κ1) is 23.8. The third-order valence-corrected chi connectivity index (χ3v) is 7.10. The lowest BCUT2D eigenvalue weighted by Crippen LogP contribution is -2.27. The van der Waals surface area contributed by atoms with Crippen LogP contribution in [0.25, 0.3) is 0 Å². The van der Waals surface area contributed by atoms with Crippen LogP contribution in [0, 0.1) is 6.92 Å². The summed E-state index contributed by atoms with van der Waals surface area (Å²) in [5.74, 6) is 0.234. The molecule has 1 amide bonds. The van der Waals surface area contributed by atoms with Crippen molar-refractivity contribution >= 4 is 27.5 Å². The van der Waals surface area contributed by atoms with Gasteiger partial charge in [0.25, 0.3) is 5.91 Å². The second-order valence-electron chi connectivity index (χ2n) is 7.41. The smallest absolute Gasteiger partial charge is 0.251 e. The van der Waals surface area contributed by atoms with Crippen LogP contribution in [0.3, 0.4) is 0 Å². The predicted molar refractivity (Wildman–Crippen MR) is 125 cm³/mol. The van der Waals surface area contributed by atoms with Crippen LogP contribution >= 0.6 is 11.6 Å². The van der Waals surface area contributed by atoms with E-state index in [1.54, 1.807) is 54.6 Å². The third-order valence-electron chi connectivity index (χ3n) is 5.03. The van der Waals surface area contributed by atoms with Crippen LogP contribution in [0.1, 0.15) is 27.0 Å². The lowest BCUT2D eigenvalue weighted by molar-refractivity contribution is 0.0950. The Labute approximate surface area is 193 Å². The van der Waals surface area contributed by atoms with Gasteiger partial charge in [-0.1, -0.05) is 41.4 Å². The maximum atomic E-state index is 12.9. The molecule has 168 valence electrons. The van der Waals surface area contributed by atoms with E-state index in [0.717, 1.165) is 11.1 Å². The van der Waals surface area contributed by atoms with Gasteiger partial charge in [-0.05, 0) is 55.0 Å². The summed E-state index contributed by atoms with van der Waals surface area (Å²) in [6, 6.07) is 18.8. The van der Waals surface area contributed by atoms with Crippen molar-refractivity contribution in [3.63, 3.8) is 0 Å². The molecule has 0 unspecified atom stereocenters. The van der Waals surface area contributed by atoms with Gasteiger partial charge in [0, 0.05) is 36.3 Å². The van der Waals surface area contributed by atoms with Crippen molar-refractivity contribution in [2.24, 2.45) is 0 Å². The summed E-state index contributed by atoms with van der Waals surface area (Å²) in [6.45, 7) is 2.30. The first-order chi connectivity index (χ1) is 15.2. The lowest BCUT2D eigenvalue weighted by atomic mass is 10.1. The molecule has 0 radical (unpaired) electrons. The highest BCUT2D eigenvalue weighted by atomic mass is 35.5. The van der Waals surface area contributed by atoms with Gasteiger partial charge in [-0.3, -0.25) is 4.79 Å². The minimum absolute atomic E-state index is 0.0533. The zero-order valence-corrected chi connectivity index (χ0v) is 19.7. The fourth-order valence-corrected chi connectivity index (χ4v) is 4.42. The van der Waals surface area contributed by atoms with Gasteiger partial charge >= 0.3 is 0 Å². The number of carbonyl (C=O) groups is 1. The number of ether oxygens (including phenoxy) is 1. The highest BCUT2D eigenvalue weighted by Crippen LogP contribution is 2.24. The quantitative estimate of drug-likeness (QED) is 0.527. The van der Waals surface area contributed by atoms with E-state index in [2.05, 4.69) is 5.32 Å². The molecule has 0 saturated carbocycles. The van der Waals surface area contributed by atoms with Crippen LogP contribution < -0.4 is 10.1 Å². The molecule has 1 N–H and O–H groups in total. The van der Waals surface area contributed by atoms with E-state index in [9.17, 15) is 13.2 Å². The van der Waals surface area contributed by atoms with Gasteiger partial charge in [-0.15, -0.1) is 0 Å². The van der Waals surface area contributed by atoms with Crippen molar-refractivity contribution < 1.29 is 17.9 Å². The first-order valence-electron chi connectivity index (χ1n) is 9.93. The van der Waals surface area contributed by atoms with Gasteiger partial charge in [0.15, 0.2) is 0 Å². The van der Waals surface area contributed by atoms with Crippen molar-refractivity contribution in [1.29, 1.82) is 0 Å². The molecule has 0 aromatic heterocycles. The Hall–Kier alpha value is -2.87. The highest BCUT2D eigenvalue weighted by molar-refractivity contribution is 7.89. The number of aryl methyl sites for hydroxylation is 1. The van der Waals surface area contributed by atoms with Crippen LogP contribution in [0.5, 0.6) is 5.75 Å². The number of sulfonamides is 1. The Bertz CT molecular complexity index is 1190. The number of rotatable bonds is 8. The van der Waals surface area contributed by atoms with Crippen molar-refractivity contribution in [3.05, 3.63) is 94.0 Å². The fraction of sp³-hybridized carbons (Fsp3) is 0.208. The number of benzene rings is 3. The van der Waals surface area contributed by atoms with E-state index in [1.807, 2.05) is 19.1 Å². The third kappa shape index (κ3) is 5.68. The molecular weight excluding hydrogens is 448 g/mol. The Morgan fingerprint density at radius 3 is 2.31 bits per heavy atom. The Morgan fingerprint density at radius 2 is 1.69 bits per heavy atom. The summed E-state index contributed by atoms with van der Waals surface area (Å²) < 4.78 is 32.5. The minimum atomic E-state index is -3.70. The molecule has 6 nitrogen and oxygen atoms in total. The van der Waals surface area contributed by atoms with E-state index in [4.69, 9.17) is 16.3 Å². The molecule has 3 rings (SSSR count). The van der Waals surface area contributed by atoms with E-state index in [1.165, 1.54) is 18.5 Å². The predicted octanol–water partition coefficient (Wildman–Crippen LogP) is 4.41. The van der Waals surface area contributed by atoms with Crippen molar-refractivity contribution in [1.82, 2.24) is 9.62 Å². The summed E-state index contributed by atoms with van der Waals surface area (Å²) in [4.78, 5) is 12.9. The molecule has 3 aromatic rings. The normalized spacial score (nSPS) is 11.4. The molecule has 0 saturated heterocycles. The number of hydrogen-bond donors (Lipinski definition) is 1. The molecule has 3 aromatic carbocycles. The summed E-state index contributed by atoms with van der Waals surface area (Å²) in [6.07, 6.45) is 0. The minimum Gasteiger partial charge on any atom is -0.496 e. The fourth-order valence-electron chi connectivity index (χ4n) is 3.15. The number of hydrogen-bond acceptors (Lipinski definition) is 4. The molecular formula is C24H25ClN2O4S. The molecule has 32 heavy (non-hydrogen) atoms. The van der Waals surface area contributed by atoms with Crippen molar-refractivity contribution in [2.45, 2.75) is 24.9 Å². The Balaban J connectivity index is 1.77. The van der Waals surface area contributed by atoms with Gasteiger partial charge < -0.3 is 10.1 Å². The van der Waals surface area contributed by atoms with Gasteiger partial charge in [0.1, 0.15) is 5.75 Å². The molecule has 0 bridgehead atoms. The monoisotopic (exact) mass is 472 g/mol. The van der Waals surface area contributed by atoms with Gasteiger partial charge in [-0.2, -0.15) is 4.31 Å². The second kappa shape index (κ2) is 10.2. The second-order valence-corrected chi connectivity index (χ2v) is 9.89. The number of halogens is 1. The van der Waals surface area contributed by atoms with E-state index >= 15 is 0 Å². The summed E-state index contributed by atoms with van der Waals surface area (Å²) in [5.41, 5.74) is 2.90. The van der Waals surface area contributed by atoms with Crippen LogP contribution in [-0.2, 0) is 23.1 Å². The van der Waals surface area contributed by atoms with E-state index in [-0.39, 0.29) is 17.3 Å². The number of nitrogens with one attached hydrogen (secondary N) is 1. The summed E-state index contributed by atoms with van der Waals surface area (Å²) in [5, 5.41) is 3.49. The van der Waals surface area contributed by atoms with Crippen molar-refractivity contribution in [3.8, 4) is 5.75 Å². The molecule has 0 aliphatic rings. The average molecular weight is 473 g/mol. The number of nitrogens with zero attached hydrogens (tertiary/aromatic N) is 1. The van der Waals surface area contributed by atoms with Crippen molar-refractivity contribution in [2.75, 3.05) is 14.2 Å². The maximum Gasteiger partial charge on any atom is 0.251 e. The lowest BCUT2D eigenvalue weighted by Gasteiger charge is -2.19. The van der Waals surface area contributed by atoms with Gasteiger partial charge in [0.05, 0.1) is 12.0 Å². The highest BCUT2D eigenvalue weighted by Gasteiger charge is 2.22. The largest absolute Gasteiger partial charge is 0.496 e. The molecule has 0 spiro atoms. The van der Waals surface area contributed by atoms with E-state index in [0.29, 0.717) is 28.4 Å². The van der Waals surface area contributed by atoms with Crippen LogP contribution in [0.15, 0.2) is 71.6 Å². The molecule has 0 atom stereocenters. The number of methoxy groups -OCH3 is 1. The van der Waals surface area contributed by atoms with E-state index < -0.39 is 10.0 Å². The SMILES string of the molecule is COc1ccc(C(=O)NCc2ccc(Cl)cc2)cc1CN(C)S(=O)(=O)c1ccc(C)cc1. The van der Waals surface area contributed by atoms with Crippen LogP contribution in [0.4, 0.5) is 0 Å². The number of carbonyl (C=O) groups excluding carboxylic acids is 1. The molecule has 0 heterocycles. The summed E-state index contributed by atoms with van der Waals surface area (Å²) >= 11 is 5.89. The first-order valence-corrected chi connectivity index (χ1v) is 11.7. The molecule has 8 heteroatoms. The van der Waals surface area contributed by atoms with Gasteiger partial charge in [-0.25, -0.2) is 8.42 Å². The maximum absolute atomic E-state index is 12.9. The summed E-state index contributed by atoms with van der Waals surface area (Å²) in [7, 11) is -0.686. The standard InChI is InChI=1S/C24H25ClN2O4S/c1-17-4-11-22(12-5-17)32(29,30)27(2)16-20-14-19(8-13-23(20)31-3)24(28)26-15-18-6-9-21(25)10-7-18/h4-14H,15-16H2,1-3H3,(H,26,28). The Kier molecular flexibility index (Phi) is 7.56. The molecule has 0 aliphatic carbocycles. The van der Waals surface area contributed by atoms with Gasteiger partial charge in [0.2, 0.25) is 10.0 Å². The van der Waals surface area contributed by atoms with Crippen LogP contribution in [-0.4, -0.2) is 32.8 Å². The Morgan fingerprint density at radius 1 is 1.03 bits per heavy atom. The average Bonchev–Trinajstić information content (AvgIpc) is 2.78. The molecule has 0 fully saturated rings.